The van der Waals surface area contributed by atoms with Gasteiger partial charge in [-0.1, -0.05) is 18.2 Å². The molecule has 0 saturated heterocycles. The van der Waals surface area contributed by atoms with E-state index in [1.165, 1.54) is 6.07 Å². The summed E-state index contributed by atoms with van der Waals surface area (Å²) in [5, 5.41) is 11.4. The summed E-state index contributed by atoms with van der Waals surface area (Å²) in [4.78, 5) is 13.9. The van der Waals surface area contributed by atoms with Gasteiger partial charge < -0.3 is 15.0 Å². The van der Waals surface area contributed by atoms with Crippen LogP contribution in [0, 0.1) is 17.1 Å². The first-order valence-corrected chi connectivity index (χ1v) is 7.53. The highest BCUT2D eigenvalue weighted by atomic mass is 19.1. The van der Waals surface area contributed by atoms with Crippen molar-refractivity contribution in [1.82, 2.24) is 5.32 Å². The van der Waals surface area contributed by atoms with Crippen LogP contribution >= 0.6 is 0 Å². The lowest BCUT2D eigenvalue weighted by Gasteiger charge is -2.35. The average Bonchev–Trinajstić information content (AvgIpc) is 2.62. The molecule has 1 aliphatic heterocycles. The van der Waals surface area contributed by atoms with Crippen LogP contribution in [0.25, 0.3) is 0 Å². The molecule has 0 aliphatic carbocycles. The predicted molar refractivity (Wildman–Crippen MR) is 87.1 cm³/mol. The van der Waals surface area contributed by atoms with Gasteiger partial charge in [-0.3, -0.25) is 4.79 Å². The smallest absolute Gasteiger partial charge is 0.262 e. The summed E-state index contributed by atoms with van der Waals surface area (Å²) >= 11 is 0. The Balaban J connectivity index is 1.91. The summed E-state index contributed by atoms with van der Waals surface area (Å²) in [5.41, 5.74) is 1.55. The van der Waals surface area contributed by atoms with Gasteiger partial charge in [0.2, 0.25) is 0 Å². The number of ether oxygens (including phenoxy) is 1. The largest absolute Gasteiger partial charge is 0.477 e. The van der Waals surface area contributed by atoms with Crippen molar-refractivity contribution in [3.8, 4) is 11.8 Å². The number of anilines is 1. The second kappa shape index (κ2) is 6.59. The monoisotopic (exact) mass is 325 g/mol. The van der Waals surface area contributed by atoms with E-state index in [2.05, 4.69) is 5.32 Å². The number of hydrogen-bond acceptors (Lipinski definition) is 4. The summed E-state index contributed by atoms with van der Waals surface area (Å²) in [6, 6.07) is 13.7. The van der Waals surface area contributed by atoms with Crippen molar-refractivity contribution in [3.63, 3.8) is 0 Å². The highest BCUT2D eigenvalue weighted by molar-refractivity contribution is 5.83. The van der Waals surface area contributed by atoms with Crippen molar-refractivity contribution >= 4 is 11.6 Å². The lowest BCUT2D eigenvalue weighted by molar-refractivity contribution is -0.127. The first-order chi connectivity index (χ1) is 11.6. The first-order valence-electron chi connectivity index (χ1n) is 7.53. The van der Waals surface area contributed by atoms with E-state index in [-0.39, 0.29) is 18.0 Å². The topological polar surface area (TPSA) is 65.4 Å². The predicted octanol–water partition coefficient (Wildman–Crippen LogP) is 2.21. The van der Waals surface area contributed by atoms with Crippen LogP contribution < -0.4 is 15.0 Å². The van der Waals surface area contributed by atoms with Gasteiger partial charge in [0.05, 0.1) is 23.9 Å². The number of rotatable bonds is 3. The van der Waals surface area contributed by atoms with Crippen molar-refractivity contribution < 1.29 is 13.9 Å². The minimum absolute atomic E-state index is 0.227. The average molecular weight is 325 g/mol. The molecule has 3 rings (SSSR count). The molecule has 0 spiro atoms. The van der Waals surface area contributed by atoms with Crippen LogP contribution in [0.1, 0.15) is 11.1 Å². The molecule has 0 fully saturated rings. The number of fused-ring (bicyclic) bond motifs is 1. The molecule has 0 saturated carbocycles. The molecule has 1 amide bonds. The maximum Gasteiger partial charge on any atom is 0.262 e. The molecule has 1 N–H and O–H groups in total. The van der Waals surface area contributed by atoms with Gasteiger partial charge in [-0.25, -0.2) is 4.39 Å². The van der Waals surface area contributed by atoms with Crippen molar-refractivity contribution in [2.75, 3.05) is 18.5 Å². The molecule has 1 heterocycles. The van der Waals surface area contributed by atoms with E-state index in [1.54, 1.807) is 25.2 Å². The summed E-state index contributed by atoms with van der Waals surface area (Å²) < 4.78 is 19.9. The van der Waals surface area contributed by atoms with Gasteiger partial charge >= 0.3 is 0 Å². The lowest BCUT2D eigenvalue weighted by Crippen LogP contribution is -2.48. The van der Waals surface area contributed by atoms with Gasteiger partial charge in [0.15, 0.2) is 6.10 Å². The molecule has 0 bridgehead atoms. The number of nitrogens with zero attached hydrogens (tertiary/aromatic N) is 2. The van der Waals surface area contributed by atoms with Crippen molar-refractivity contribution in [1.29, 1.82) is 5.26 Å². The van der Waals surface area contributed by atoms with E-state index in [9.17, 15) is 9.18 Å². The van der Waals surface area contributed by atoms with E-state index in [0.717, 1.165) is 5.69 Å². The fourth-order valence-electron chi connectivity index (χ4n) is 2.70. The molecule has 24 heavy (non-hydrogen) atoms. The second-order valence-electron chi connectivity index (χ2n) is 5.49. The van der Waals surface area contributed by atoms with Crippen LogP contribution in [0.15, 0.2) is 42.5 Å². The number of hydrogen-bond donors (Lipinski definition) is 1. The molecule has 1 atom stereocenters. The van der Waals surface area contributed by atoms with E-state index >= 15 is 0 Å². The van der Waals surface area contributed by atoms with Gasteiger partial charge in [0.1, 0.15) is 11.6 Å². The van der Waals surface area contributed by atoms with E-state index < -0.39 is 11.9 Å². The maximum absolute atomic E-state index is 14.2. The summed E-state index contributed by atoms with van der Waals surface area (Å²) in [6.45, 7) is 0.599. The molecule has 6 heteroatoms. The molecule has 0 unspecified atom stereocenters. The van der Waals surface area contributed by atoms with Crippen molar-refractivity contribution in [2.45, 2.75) is 12.6 Å². The number of likely N-dealkylation sites (N-methyl/N-ethyl adjacent to an activating group) is 1. The van der Waals surface area contributed by atoms with Crippen LogP contribution in [-0.4, -0.2) is 25.6 Å². The van der Waals surface area contributed by atoms with Crippen LogP contribution in [0.4, 0.5) is 10.1 Å². The molecule has 122 valence electrons. The highest BCUT2D eigenvalue weighted by Gasteiger charge is 2.30. The van der Waals surface area contributed by atoms with Gasteiger partial charge in [-0.2, -0.15) is 5.26 Å². The Morgan fingerprint density at radius 1 is 1.42 bits per heavy atom. The molecule has 0 radical (unpaired) electrons. The van der Waals surface area contributed by atoms with Crippen LogP contribution in [-0.2, 0) is 11.3 Å². The molecule has 0 aromatic heterocycles. The number of halogens is 1. The lowest BCUT2D eigenvalue weighted by atomic mass is 10.1. The third kappa shape index (κ3) is 3.01. The minimum atomic E-state index is -0.661. The van der Waals surface area contributed by atoms with Crippen LogP contribution in [0.5, 0.6) is 5.75 Å². The Hall–Kier alpha value is -3.07. The standard InChI is InChI=1S/C18H16FN3O2/c1-21-18(23)17-11-22(15-4-2-3-5-16(15)24-17)10-13-7-6-12(9-20)8-14(13)19/h2-8,17H,10-11H2,1H3,(H,21,23)/t17-/m0/s1. The maximum atomic E-state index is 14.2. The van der Waals surface area contributed by atoms with Crippen molar-refractivity contribution in [3.05, 3.63) is 59.4 Å². The first kappa shape index (κ1) is 15.8. The molecular weight excluding hydrogens is 309 g/mol. The summed E-state index contributed by atoms with van der Waals surface area (Å²) in [5.74, 6) is -0.0734. The summed E-state index contributed by atoms with van der Waals surface area (Å²) in [7, 11) is 1.55. The van der Waals surface area contributed by atoms with Gasteiger partial charge in [-0.05, 0) is 24.3 Å². The SMILES string of the molecule is CNC(=O)[C@@H]1CN(Cc2ccc(C#N)cc2F)c2ccccc2O1. The highest BCUT2D eigenvalue weighted by Crippen LogP contribution is 2.34. The number of carbonyl (C=O) groups excluding carboxylic acids is 1. The summed E-state index contributed by atoms with van der Waals surface area (Å²) in [6.07, 6.45) is -0.661. The Labute approximate surface area is 139 Å². The van der Waals surface area contributed by atoms with Gasteiger partial charge in [-0.15, -0.1) is 0 Å². The number of nitriles is 1. The molecule has 2 aromatic carbocycles. The number of benzene rings is 2. The second-order valence-corrected chi connectivity index (χ2v) is 5.49. The Morgan fingerprint density at radius 3 is 2.92 bits per heavy atom. The number of nitrogens with one attached hydrogen (secondary N) is 1. The third-order valence-electron chi connectivity index (χ3n) is 3.94. The molecule has 2 aromatic rings. The van der Waals surface area contributed by atoms with Gasteiger partial charge in [0.25, 0.3) is 5.91 Å². The number of carbonyl (C=O) groups is 1. The minimum Gasteiger partial charge on any atom is -0.477 e. The molecule has 1 aliphatic rings. The zero-order chi connectivity index (χ0) is 17.1. The van der Waals surface area contributed by atoms with Crippen molar-refractivity contribution in [2.24, 2.45) is 0 Å². The fourth-order valence-corrected chi connectivity index (χ4v) is 2.70. The van der Waals surface area contributed by atoms with Gasteiger partial charge in [0, 0.05) is 19.2 Å². The quantitative estimate of drug-likeness (QED) is 0.940. The normalized spacial score (nSPS) is 15.9. The third-order valence-corrected chi connectivity index (χ3v) is 3.94. The zero-order valence-electron chi connectivity index (χ0n) is 13.1. The van der Waals surface area contributed by atoms with E-state index in [4.69, 9.17) is 10.00 Å². The zero-order valence-corrected chi connectivity index (χ0v) is 13.1. The Kier molecular flexibility index (Phi) is 4.34. The van der Waals surface area contributed by atoms with Crippen LogP contribution in [0.2, 0.25) is 0 Å². The molecule has 5 nitrogen and oxygen atoms in total. The fraction of sp³-hybridized carbons (Fsp3) is 0.222. The molecular formula is C18H16FN3O2. The van der Waals surface area contributed by atoms with Crippen LogP contribution in [0.3, 0.4) is 0 Å². The van der Waals surface area contributed by atoms with E-state index in [0.29, 0.717) is 17.9 Å². The Bertz CT molecular complexity index is 816. The number of para-hydroxylation sites is 2. The number of amides is 1. The van der Waals surface area contributed by atoms with E-state index in [1.807, 2.05) is 29.2 Å². The Morgan fingerprint density at radius 2 is 2.21 bits per heavy atom.